The van der Waals surface area contributed by atoms with Gasteiger partial charge >= 0.3 is 0 Å². The van der Waals surface area contributed by atoms with Crippen LogP contribution in [0.25, 0.3) is 0 Å². The van der Waals surface area contributed by atoms with E-state index in [1.165, 1.54) is 0 Å². The lowest BCUT2D eigenvalue weighted by Gasteiger charge is -2.22. The van der Waals surface area contributed by atoms with Crippen molar-refractivity contribution in [3.05, 3.63) is 88.6 Å². The molecule has 0 spiro atoms. The van der Waals surface area contributed by atoms with Crippen molar-refractivity contribution < 1.29 is 28.8 Å². The second-order valence-corrected chi connectivity index (χ2v) is 10.2. The quantitative estimate of drug-likeness (QED) is 0.0705. The van der Waals surface area contributed by atoms with Crippen molar-refractivity contribution in [2.24, 2.45) is 0 Å². The summed E-state index contributed by atoms with van der Waals surface area (Å²) in [5, 5.41) is 16.4. The van der Waals surface area contributed by atoms with Gasteiger partial charge in [-0.3, -0.25) is 28.8 Å². The first kappa shape index (κ1) is 35.0. The van der Waals surface area contributed by atoms with E-state index in [2.05, 4.69) is 49.1 Å². The predicted octanol–water partition coefficient (Wildman–Crippen LogP) is -0.890. The molecule has 0 unspecified atom stereocenters. The Balaban J connectivity index is 1.35. The molecule has 0 atom stereocenters. The van der Waals surface area contributed by atoms with E-state index in [9.17, 15) is 28.8 Å². The molecule has 3 aliphatic carbocycles. The molecule has 0 saturated carbocycles. The highest BCUT2D eigenvalue weighted by Gasteiger charge is 2.14. The fraction of sp³-hybridized carbons (Fsp3) is 0.364. The van der Waals surface area contributed by atoms with Crippen molar-refractivity contribution in [1.82, 2.24) is 36.8 Å². The fourth-order valence-electron chi connectivity index (χ4n) is 4.21. The van der Waals surface area contributed by atoms with Gasteiger partial charge in [-0.1, -0.05) is 18.2 Å². The number of nitrogens with one attached hydrogen (secondary N) is 6. The second-order valence-electron chi connectivity index (χ2n) is 10.2. The van der Waals surface area contributed by atoms with Crippen molar-refractivity contribution in [3.8, 4) is 0 Å². The number of carbonyl (C=O) groups excluding carboxylic acids is 6. The fourth-order valence-corrected chi connectivity index (χ4v) is 4.21. The van der Waals surface area contributed by atoms with Crippen LogP contribution < -0.4 is 31.9 Å². The summed E-state index contributed by atoms with van der Waals surface area (Å²) in [5.41, 5.74) is 9.71. The number of carbonyl (C=O) groups is 6. The molecule has 13 nitrogen and oxygen atoms in total. The van der Waals surface area contributed by atoms with E-state index < -0.39 is 0 Å². The largest absolute Gasteiger partial charge is 0.354 e. The van der Waals surface area contributed by atoms with Crippen LogP contribution in [0.15, 0.2) is 88.6 Å². The maximum Gasteiger partial charge on any atom is 0.259 e. The van der Waals surface area contributed by atoms with Crippen LogP contribution in [0.3, 0.4) is 0 Å². The average Bonchev–Trinajstić information content (AvgIpc) is 3.87. The third-order valence-corrected chi connectivity index (χ3v) is 6.69. The number of allylic oxidation sites excluding steroid dienone is 3. The summed E-state index contributed by atoms with van der Waals surface area (Å²) in [6.07, 6.45) is 15.4. The molecule has 0 aromatic rings. The Bertz CT molecular complexity index is 1310. The van der Waals surface area contributed by atoms with Crippen molar-refractivity contribution in [2.45, 2.75) is 19.3 Å². The zero-order chi connectivity index (χ0) is 33.0. The van der Waals surface area contributed by atoms with E-state index in [-0.39, 0.29) is 94.0 Å². The van der Waals surface area contributed by atoms with Crippen molar-refractivity contribution in [3.63, 3.8) is 0 Å². The first-order chi connectivity index (χ1) is 22.3. The third-order valence-electron chi connectivity index (χ3n) is 6.69. The summed E-state index contributed by atoms with van der Waals surface area (Å²) in [4.78, 5) is 75.1. The molecule has 0 bridgehead atoms. The summed E-state index contributed by atoms with van der Waals surface area (Å²) >= 11 is 0. The first-order valence-electron chi connectivity index (χ1n) is 15.1. The van der Waals surface area contributed by atoms with Gasteiger partial charge in [-0.05, 0) is 36.5 Å². The van der Waals surface area contributed by atoms with Gasteiger partial charge in [0.15, 0.2) is 0 Å². The standard InChI is InChI=1S/C33H39N7O6/c41-28(34-16-19-37-31(44)25-7-1-2-8-25)13-22-40(23-14-29(42)35-17-20-38-32(45)26-9-3-4-10-26)24-15-30(43)36-18-21-39-33(46)27-11-5-6-12-27/h1-7,9,11H,13-24H2,(H,34,41)(H,35,42)(H,36,43)(H,37,44)(H,38,45)(H,39,46). The van der Waals surface area contributed by atoms with Crippen LogP contribution >= 0.6 is 0 Å². The molecule has 3 rings (SSSR count). The summed E-state index contributed by atoms with van der Waals surface area (Å²) < 4.78 is 0. The lowest BCUT2D eigenvalue weighted by atomic mass is 10.2. The number of nitrogens with zero attached hydrogens (tertiary/aromatic N) is 1. The summed E-state index contributed by atoms with van der Waals surface area (Å²) in [7, 11) is 0. The van der Waals surface area contributed by atoms with Crippen LogP contribution in [0.4, 0.5) is 0 Å². The molecule has 0 fully saturated rings. The minimum absolute atomic E-state index is 0.128. The Hall–Kier alpha value is -5.44. The van der Waals surface area contributed by atoms with E-state index in [0.29, 0.717) is 36.4 Å². The Kier molecular flexibility index (Phi) is 15.1. The minimum atomic E-state index is -0.271. The molecular formula is C33H39N7O6. The molecule has 0 radical (unpaired) electrons. The third kappa shape index (κ3) is 13.5. The SMILES string of the molecule is O=C(CCN(CCC(=O)NCCNC(=O)C1=C=CC=C1)CCC(=O)NCCNC(=O)C1=C=CC=C1)NCCNC(=O)C1=C=CC=C1. The van der Waals surface area contributed by atoms with Gasteiger partial charge in [-0.15, -0.1) is 17.2 Å². The average molecular weight is 630 g/mol. The van der Waals surface area contributed by atoms with Gasteiger partial charge in [-0.2, -0.15) is 0 Å². The van der Waals surface area contributed by atoms with Gasteiger partial charge in [0, 0.05) is 78.2 Å². The van der Waals surface area contributed by atoms with Gasteiger partial charge in [-0.25, -0.2) is 0 Å². The molecule has 0 aliphatic heterocycles. The first-order valence-corrected chi connectivity index (χ1v) is 15.1. The predicted molar refractivity (Wildman–Crippen MR) is 171 cm³/mol. The van der Waals surface area contributed by atoms with Crippen molar-refractivity contribution in [2.75, 3.05) is 58.9 Å². The molecular weight excluding hydrogens is 590 g/mol. The zero-order valence-corrected chi connectivity index (χ0v) is 25.6. The summed E-state index contributed by atoms with van der Waals surface area (Å²) in [5.74, 6) is -1.51. The topological polar surface area (TPSA) is 178 Å². The Labute approximate surface area is 267 Å². The van der Waals surface area contributed by atoms with Crippen molar-refractivity contribution in [1.29, 1.82) is 0 Å². The molecule has 0 aromatic heterocycles. The van der Waals surface area contributed by atoms with Gasteiger partial charge in [0.25, 0.3) is 17.7 Å². The van der Waals surface area contributed by atoms with Crippen LogP contribution in [0.1, 0.15) is 19.3 Å². The number of rotatable bonds is 21. The number of hydrogen-bond donors (Lipinski definition) is 6. The zero-order valence-electron chi connectivity index (χ0n) is 25.6. The van der Waals surface area contributed by atoms with Gasteiger partial charge in [0.2, 0.25) is 17.7 Å². The van der Waals surface area contributed by atoms with E-state index in [1.807, 2.05) is 4.90 Å². The van der Waals surface area contributed by atoms with E-state index >= 15 is 0 Å². The minimum Gasteiger partial charge on any atom is -0.354 e. The molecule has 6 amide bonds. The van der Waals surface area contributed by atoms with E-state index in [4.69, 9.17) is 0 Å². The van der Waals surface area contributed by atoms with E-state index in [0.717, 1.165) is 0 Å². The maximum atomic E-state index is 12.4. The highest BCUT2D eigenvalue weighted by Crippen LogP contribution is 2.03. The Morgan fingerprint density at radius 1 is 0.457 bits per heavy atom. The normalized spacial score (nSPS) is 13.4. The van der Waals surface area contributed by atoms with Crippen molar-refractivity contribution >= 4 is 35.4 Å². The van der Waals surface area contributed by atoms with Gasteiger partial charge in [0.1, 0.15) is 0 Å². The van der Waals surface area contributed by atoms with Gasteiger partial charge in [0.05, 0.1) is 16.7 Å². The Morgan fingerprint density at radius 3 is 1.00 bits per heavy atom. The molecule has 3 aliphatic rings. The molecule has 13 heteroatoms. The van der Waals surface area contributed by atoms with Crippen LogP contribution in [0.5, 0.6) is 0 Å². The summed E-state index contributed by atoms with van der Waals surface area (Å²) in [6, 6.07) is 0. The highest BCUT2D eigenvalue weighted by molar-refractivity contribution is 5.97. The molecule has 0 aromatic carbocycles. The Morgan fingerprint density at radius 2 is 0.739 bits per heavy atom. The molecule has 0 heterocycles. The van der Waals surface area contributed by atoms with Crippen LogP contribution in [0.2, 0.25) is 0 Å². The highest BCUT2D eigenvalue weighted by atomic mass is 16.2. The number of amides is 6. The second kappa shape index (κ2) is 19.8. The molecule has 46 heavy (non-hydrogen) atoms. The lowest BCUT2D eigenvalue weighted by molar-refractivity contribution is -0.123. The molecule has 242 valence electrons. The molecule has 0 saturated heterocycles. The maximum absolute atomic E-state index is 12.4. The molecule has 6 N–H and O–H groups in total. The summed E-state index contributed by atoms with van der Waals surface area (Å²) in [6.45, 7) is 2.42. The van der Waals surface area contributed by atoms with Crippen LogP contribution in [-0.4, -0.2) is 99.2 Å². The van der Waals surface area contributed by atoms with Crippen LogP contribution in [-0.2, 0) is 28.8 Å². The smallest absolute Gasteiger partial charge is 0.259 e. The van der Waals surface area contributed by atoms with Crippen LogP contribution in [0, 0.1) is 0 Å². The monoisotopic (exact) mass is 629 g/mol. The van der Waals surface area contributed by atoms with E-state index in [1.54, 1.807) is 54.7 Å². The van der Waals surface area contributed by atoms with Gasteiger partial charge < -0.3 is 36.8 Å². The number of hydrogen-bond acceptors (Lipinski definition) is 7. The lowest BCUT2D eigenvalue weighted by Crippen LogP contribution is -2.40.